The highest BCUT2D eigenvalue weighted by atomic mass is 16.2. The van der Waals surface area contributed by atoms with Gasteiger partial charge in [0.1, 0.15) is 0 Å². The maximum absolute atomic E-state index is 12.2. The first-order chi connectivity index (χ1) is 9.39. The molecule has 0 aromatic heterocycles. The van der Waals surface area contributed by atoms with Crippen LogP contribution in [0.4, 0.5) is 5.69 Å². The van der Waals surface area contributed by atoms with Crippen molar-refractivity contribution in [2.24, 2.45) is 5.41 Å². The van der Waals surface area contributed by atoms with Gasteiger partial charge in [-0.15, -0.1) is 0 Å². The number of hydrogen-bond donors (Lipinski definition) is 1. The van der Waals surface area contributed by atoms with Gasteiger partial charge in [0, 0.05) is 16.7 Å². The lowest BCUT2D eigenvalue weighted by molar-refractivity contribution is -0.123. The standard InChI is InChI=1S/C18H21NO/c1-13-9-5-6-10-14(13)15-11-7-8-12-16(15)19-17(20)18(2,3)4/h5-12H,1-4H3,(H,19,20). The number of nitrogens with one attached hydrogen (secondary N) is 1. The van der Waals surface area contributed by atoms with Crippen molar-refractivity contribution in [3.8, 4) is 11.1 Å². The van der Waals surface area contributed by atoms with Crippen LogP contribution in [-0.4, -0.2) is 5.91 Å². The van der Waals surface area contributed by atoms with Crippen LogP contribution in [0.25, 0.3) is 11.1 Å². The van der Waals surface area contributed by atoms with Crippen LogP contribution in [0.1, 0.15) is 26.3 Å². The van der Waals surface area contributed by atoms with E-state index < -0.39 is 5.41 Å². The first kappa shape index (κ1) is 14.3. The number of hydrogen-bond acceptors (Lipinski definition) is 1. The summed E-state index contributed by atoms with van der Waals surface area (Å²) in [4.78, 5) is 12.2. The predicted molar refractivity (Wildman–Crippen MR) is 84.7 cm³/mol. The largest absolute Gasteiger partial charge is 0.325 e. The molecule has 0 unspecified atom stereocenters. The molecule has 0 aliphatic rings. The summed E-state index contributed by atoms with van der Waals surface area (Å²) in [5.74, 6) is 0.0264. The fourth-order valence-corrected chi connectivity index (χ4v) is 2.01. The third kappa shape index (κ3) is 3.08. The van der Waals surface area contributed by atoms with Gasteiger partial charge in [-0.1, -0.05) is 63.2 Å². The van der Waals surface area contributed by atoms with E-state index in [4.69, 9.17) is 0 Å². The topological polar surface area (TPSA) is 29.1 Å². The zero-order chi connectivity index (χ0) is 14.8. The van der Waals surface area contributed by atoms with E-state index in [1.165, 1.54) is 5.56 Å². The molecule has 2 aromatic carbocycles. The van der Waals surface area contributed by atoms with E-state index >= 15 is 0 Å². The Labute approximate surface area is 120 Å². The van der Waals surface area contributed by atoms with E-state index in [0.29, 0.717) is 0 Å². The Balaban J connectivity index is 2.42. The fourth-order valence-electron chi connectivity index (χ4n) is 2.01. The van der Waals surface area contributed by atoms with Gasteiger partial charge >= 0.3 is 0 Å². The van der Waals surface area contributed by atoms with Crippen LogP contribution in [0.2, 0.25) is 0 Å². The molecule has 0 bridgehead atoms. The van der Waals surface area contributed by atoms with E-state index in [-0.39, 0.29) is 5.91 Å². The average molecular weight is 267 g/mol. The van der Waals surface area contributed by atoms with Crippen LogP contribution >= 0.6 is 0 Å². The van der Waals surface area contributed by atoms with Gasteiger partial charge in [0.25, 0.3) is 0 Å². The molecule has 0 saturated heterocycles. The summed E-state index contributed by atoms with van der Waals surface area (Å²) < 4.78 is 0. The lowest BCUT2D eigenvalue weighted by atomic mass is 9.94. The Kier molecular flexibility index (Phi) is 3.93. The summed E-state index contributed by atoms with van der Waals surface area (Å²) in [7, 11) is 0. The van der Waals surface area contributed by atoms with Crippen molar-refractivity contribution in [1.82, 2.24) is 0 Å². The molecule has 20 heavy (non-hydrogen) atoms. The summed E-state index contributed by atoms with van der Waals surface area (Å²) in [6.45, 7) is 7.83. The second-order valence-corrected chi connectivity index (χ2v) is 6.06. The van der Waals surface area contributed by atoms with Crippen molar-refractivity contribution in [2.75, 3.05) is 5.32 Å². The van der Waals surface area contributed by atoms with Crippen LogP contribution < -0.4 is 5.32 Å². The molecule has 1 N–H and O–H groups in total. The zero-order valence-electron chi connectivity index (χ0n) is 12.5. The van der Waals surface area contributed by atoms with Crippen LogP contribution in [0, 0.1) is 12.3 Å². The van der Waals surface area contributed by atoms with Crippen LogP contribution in [0.5, 0.6) is 0 Å². The monoisotopic (exact) mass is 267 g/mol. The quantitative estimate of drug-likeness (QED) is 0.843. The third-order valence-electron chi connectivity index (χ3n) is 3.29. The molecular weight excluding hydrogens is 246 g/mol. The number of amides is 1. The van der Waals surface area contributed by atoms with Gasteiger partial charge in [-0.25, -0.2) is 0 Å². The first-order valence-electron chi connectivity index (χ1n) is 6.86. The van der Waals surface area contributed by atoms with E-state index in [1.54, 1.807) is 0 Å². The molecule has 104 valence electrons. The number of aryl methyl sites for hydroxylation is 1. The number of rotatable bonds is 2. The Morgan fingerprint density at radius 1 is 0.900 bits per heavy atom. The van der Waals surface area contributed by atoms with Crippen molar-refractivity contribution >= 4 is 11.6 Å². The molecule has 2 heteroatoms. The Hall–Kier alpha value is -2.09. The van der Waals surface area contributed by atoms with Crippen LogP contribution in [0.3, 0.4) is 0 Å². The highest BCUT2D eigenvalue weighted by molar-refractivity contribution is 5.98. The van der Waals surface area contributed by atoms with Crippen LogP contribution in [0.15, 0.2) is 48.5 Å². The van der Waals surface area contributed by atoms with E-state index in [2.05, 4.69) is 24.4 Å². The third-order valence-corrected chi connectivity index (χ3v) is 3.29. The Bertz CT molecular complexity index is 623. The number of anilines is 1. The van der Waals surface area contributed by atoms with E-state index in [1.807, 2.05) is 57.2 Å². The number of carbonyl (C=O) groups excluding carboxylic acids is 1. The molecule has 0 spiro atoms. The lowest BCUT2D eigenvalue weighted by Gasteiger charge is -2.20. The van der Waals surface area contributed by atoms with E-state index in [9.17, 15) is 4.79 Å². The van der Waals surface area contributed by atoms with Crippen molar-refractivity contribution in [3.63, 3.8) is 0 Å². The highest BCUT2D eigenvalue weighted by Gasteiger charge is 2.22. The van der Waals surface area contributed by atoms with Gasteiger partial charge in [0.2, 0.25) is 5.91 Å². The molecule has 2 aromatic rings. The molecule has 2 rings (SSSR count). The first-order valence-corrected chi connectivity index (χ1v) is 6.86. The average Bonchev–Trinajstić information content (AvgIpc) is 2.39. The minimum Gasteiger partial charge on any atom is -0.325 e. The van der Waals surface area contributed by atoms with Crippen LogP contribution in [-0.2, 0) is 4.79 Å². The number of para-hydroxylation sites is 1. The molecular formula is C18H21NO. The van der Waals surface area contributed by atoms with E-state index in [0.717, 1.165) is 16.8 Å². The van der Waals surface area contributed by atoms with Crippen molar-refractivity contribution in [3.05, 3.63) is 54.1 Å². The van der Waals surface area contributed by atoms with Gasteiger partial charge in [0.05, 0.1) is 0 Å². The molecule has 0 heterocycles. The summed E-state index contributed by atoms with van der Waals surface area (Å²) >= 11 is 0. The summed E-state index contributed by atoms with van der Waals surface area (Å²) in [5.41, 5.74) is 3.87. The van der Waals surface area contributed by atoms with Crippen molar-refractivity contribution in [1.29, 1.82) is 0 Å². The van der Waals surface area contributed by atoms with Gasteiger partial charge in [-0.05, 0) is 24.1 Å². The minimum atomic E-state index is -0.404. The molecule has 0 fully saturated rings. The summed E-state index contributed by atoms with van der Waals surface area (Å²) in [5, 5.41) is 3.04. The van der Waals surface area contributed by atoms with Gasteiger partial charge in [0.15, 0.2) is 0 Å². The minimum absolute atomic E-state index is 0.0264. The second-order valence-electron chi connectivity index (χ2n) is 6.06. The molecule has 1 amide bonds. The number of benzene rings is 2. The molecule has 0 aliphatic heterocycles. The molecule has 0 aliphatic carbocycles. The van der Waals surface area contributed by atoms with Crippen molar-refractivity contribution in [2.45, 2.75) is 27.7 Å². The van der Waals surface area contributed by atoms with Crippen molar-refractivity contribution < 1.29 is 4.79 Å². The lowest BCUT2D eigenvalue weighted by Crippen LogP contribution is -2.27. The van der Waals surface area contributed by atoms with Gasteiger partial charge < -0.3 is 5.32 Å². The highest BCUT2D eigenvalue weighted by Crippen LogP contribution is 2.31. The normalized spacial score (nSPS) is 11.2. The summed E-state index contributed by atoms with van der Waals surface area (Å²) in [6.07, 6.45) is 0. The molecule has 0 atom stereocenters. The Morgan fingerprint density at radius 3 is 2.05 bits per heavy atom. The smallest absolute Gasteiger partial charge is 0.229 e. The molecule has 0 radical (unpaired) electrons. The second kappa shape index (κ2) is 5.49. The van der Waals surface area contributed by atoms with Gasteiger partial charge in [-0.3, -0.25) is 4.79 Å². The summed E-state index contributed by atoms with van der Waals surface area (Å²) in [6, 6.07) is 16.1. The SMILES string of the molecule is Cc1ccccc1-c1ccccc1NC(=O)C(C)(C)C. The van der Waals surface area contributed by atoms with Gasteiger partial charge in [-0.2, -0.15) is 0 Å². The maximum Gasteiger partial charge on any atom is 0.229 e. The predicted octanol–water partition coefficient (Wildman–Crippen LogP) is 4.65. The number of carbonyl (C=O) groups is 1. The maximum atomic E-state index is 12.2. The zero-order valence-corrected chi connectivity index (χ0v) is 12.5. The Morgan fingerprint density at radius 2 is 1.45 bits per heavy atom. The molecule has 2 nitrogen and oxygen atoms in total. The fraction of sp³-hybridized carbons (Fsp3) is 0.278. The molecule has 0 saturated carbocycles.